The second-order valence-corrected chi connectivity index (χ2v) is 5.79. The quantitative estimate of drug-likeness (QED) is 0.733. The van der Waals surface area contributed by atoms with Crippen molar-refractivity contribution in [2.24, 2.45) is 8.73 Å². The van der Waals surface area contributed by atoms with E-state index in [0.29, 0.717) is 28.0 Å². The molecular formula is C12H11Cl2N5S. The molecule has 1 aliphatic heterocycles. The number of H-pyrrole nitrogens is 1. The molecule has 20 heavy (non-hydrogen) atoms. The van der Waals surface area contributed by atoms with Crippen LogP contribution < -0.4 is 5.32 Å². The molecule has 2 aromatic rings. The maximum Gasteiger partial charge on any atom is 0.130 e. The Morgan fingerprint density at radius 2 is 1.95 bits per heavy atom. The van der Waals surface area contributed by atoms with Gasteiger partial charge in [0.05, 0.1) is 32.8 Å². The number of aromatic nitrogens is 2. The lowest BCUT2D eigenvalue weighted by Crippen LogP contribution is -2.02. The molecule has 1 aromatic heterocycles. The third kappa shape index (κ3) is 2.24. The second-order valence-electron chi connectivity index (χ2n) is 4.44. The Hall–Kier alpha value is -1.37. The first-order valence-corrected chi connectivity index (χ1v) is 7.41. The van der Waals surface area contributed by atoms with Gasteiger partial charge in [-0.2, -0.15) is 13.8 Å². The summed E-state index contributed by atoms with van der Waals surface area (Å²) in [7, 11) is 0. The average molecular weight is 328 g/mol. The first-order valence-electron chi connectivity index (χ1n) is 5.92. The van der Waals surface area contributed by atoms with Gasteiger partial charge in [0.15, 0.2) is 0 Å². The van der Waals surface area contributed by atoms with E-state index in [1.54, 1.807) is 6.07 Å². The van der Waals surface area contributed by atoms with Gasteiger partial charge in [0.2, 0.25) is 0 Å². The first kappa shape index (κ1) is 13.6. The highest BCUT2D eigenvalue weighted by molar-refractivity contribution is 7.58. The maximum absolute atomic E-state index is 6.25. The Balaban J connectivity index is 1.93. The fourth-order valence-corrected chi connectivity index (χ4v) is 3.23. The Labute approximate surface area is 129 Å². The van der Waals surface area contributed by atoms with Crippen LogP contribution in [0.5, 0.6) is 0 Å². The van der Waals surface area contributed by atoms with Crippen LogP contribution in [0, 0.1) is 13.8 Å². The molecule has 2 N–H and O–H groups in total. The molecule has 8 heteroatoms. The minimum atomic E-state index is 0.514. The number of rotatable bonds is 3. The van der Waals surface area contributed by atoms with E-state index in [9.17, 15) is 0 Å². The van der Waals surface area contributed by atoms with Gasteiger partial charge in [0.25, 0.3) is 0 Å². The number of aromatic amines is 1. The Kier molecular flexibility index (Phi) is 3.54. The molecule has 1 aromatic carbocycles. The van der Waals surface area contributed by atoms with E-state index < -0.39 is 0 Å². The molecule has 0 amide bonds. The van der Waals surface area contributed by atoms with E-state index in [4.69, 9.17) is 23.2 Å². The normalized spacial score (nSPS) is 12.4. The standard InChI is InChI=1S/C12H11Cl2N5S/c1-5-7(6(2)17-16-5)4-15-10-8(13)3-9(14)11-12(10)19-20-18-11/h3,15H,4H2,1-2H3,(H,16,17). The maximum atomic E-state index is 6.25. The number of fused-ring (bicyclic) bond motifs is 1. The fourth-order valence-electron chi connectivity index (χ4n) is 2.05. The molecule has 0 radical (unpaired) electrons. The Morgan fingerprint density at radius 1 is 1.20 bits per heavy atom. The van der Waals surface area contributed by atoms with E-state index in [1.807, 2.05) is 13.8 Å². The van der Waals surface area contributed by atoms with Crippen molar-refractivity contribution in [1.82, 2.24) is 10.2 Å². The van der Waals surface area contributed by atoms with Crippen molar-refractivity contribution in [3.63, 3.8) is 0 Å². The van der Waals surface area contributed by atoms with Gasteiger partial charge in [0, 0.05) is 17.8 Å². The molecule has 0 bridgehead atoms. The highest BCUT2D eigenvalue weighted by Crippen LogP contribution is 2.47. The molecule has 0 unspecified atom stereocenters. The smallest absolute Gasteiger partial charge is 0.130 e. The van der Waals surface area contributed by atoms with Crippen molar-refractivity contribution in [3.8, 4) is 0 Å². The number of anilines is 1. The summed E-state index contributed by atoms with van der Waals surface area (Å²) in [6.45, 7) is 4.56. The van der Waals surface area contributed by atoms with Gasteiger partial charge in [-0.05, 0) is 19.9 Å². The largest absolute Gasteiger partial charge is 0.378 e. The van der Waals surface area contributed by atoms with Gasteiger partial charge >= 0.3 is 0 Å². The zero-order chi connectivity index (χ0) is 14.3. The van der Waals surface area contributed by atoms with Crippen molar-refractivity contribution >= 4 is 51.6 Å². The lowest BCUT2D eigenvalue weighted by atomic mass is 10.2. The predicted molar refractivity (Wildman–Crippen MR) is 83.4 cm³/mol. The van der Waals surface area contributed by atoms with Crippen LogP contribution in [-0.2, 0) is 17.9 Å². The van der Waals surface area contributed by atoms with Crippen LogP contribution >= 0.6 is 23.2 Å². The molecule has 0 atom stereocenters. The van der Waals surface area contributed by atoms with Crippen LogP contribution in [0.1, 0.15) is 17.0 Å². The molecule has 0 saturated heterocycles. The number of hydrogen-bond donors (Lipinski definition) is 2. The third-order valence-corrected chi connectivity index (χ3v) is 4.28. The van der Waals surface area contributed by atoms with Crippen LogP contribution in [0.2, 0.25) is 10.0 Å². The zero-order valence-electron chi connectivity index (χ0n) is 10.8. The van der Waals surface area contributed by atoms with Gasteiger partial charge in [-0.1, -0.05) is 23.2 Å². The van der Waals surface area contributed by atoms with Crippen LogP contribution in [0.3, 0.4) is 0 Å². The van der Waals surface area contributed by atoms with Gasteiger partial charge in [-0.3, -0.25) is 5.10 Å². The summed E-state index contributed by atoms with van der Waals surface area (Å²) in [6.07, 6.45) is 0. The molecule has 3 rings (SSSR count). The molecule has 2 heterocycles. The summed E-state index contributed by atoms with van der Waals surface area (Å²) in [5.41, 5.74) is 5.24. The number of nitrogens with one attached hydrogen (secondary N) is 2. The molecule has 0 fully saturated rings. The molecule has 104 valence electrons. The molecular weight excluding hydrogens is 317 g/mol. The van der Waals surface area contributed by atoms with Crippen LogP contribution in [0.4, 0.5) is 17.1 Å². The summed E-state index contributed by atoms with van der Waals surface area (Å²) in [6, 6.07) is 1.68. The van der Waals surface area contributed by atoms with Crippen molar-refractivity contribution in [3.05, 3.63) is 33.1 Å². The Morgan fingerprint density at radius 3 is 2.65 bits per heavy atom. The van der Waals surface area contributed by atoms with E-state index in [0.717, 1.165) is 34.0 Å². The summed E-state index contributed by atoms with van der Waals surface area (Å²) in [5.74, 6) is 0. The molecule has 1 aliphatic rings. The number of nitrogens with zero attached hydrogens (tertiary/aromatic N) is 3. The second kappa shape index (κ2) is 5.20. The van der Waals surface area contributed by atoms with Crippen molar-refractivity contribution in [2.75, 3.05) is 5.32 Å². The average Bonchev–Trinajstić information content (AvgIpc) is 2.99. The van der Waals surface area contributed by atoms with Crippen LogP contribution in [0.15, 0.2) is 14.8 Å². The fraction of sp³-hybridized carbons (Fsp3) is 0.250. The minimum Gasteiger partial charge on any atom is -0.378 e. The van der Waals surface area contributed by atoms with Gasteiger partial charge in [0.1, 0.15) is 11.4 Å². The number of hydrogen-bond acceptors (Lipinski definition) is 4. The van der Waals surface area contributed by atoms with E-state index in [1.165, 1.54) is 0 Å². The van der Waals surface area contributed by atoms with Gasteiger partial charge in [-0.25, -0.2) is 0 Å². The lowest BCUT2D eigenvalue weighted by Gasteiger charge is -2.12. The summed E-state index contributed by atoms with van der Waals surface area (Å²) < 4.78 is 8.44. The lowest BCUT2D eigenvalue weighted by molar-refractivity contribution is 1.02. The van der Waals surface area contributed by atoms with E-state index in [2.05, 4.69) is 24.2 Å². The Bertz CT molecular complexity index is 742. The monoisotopic (exact) mass is 327 g/mol. The predicted octanol–water partition coefficient (Wildman–Crippen LogP) is 4.67. The first-order chi connectivity index (χ1) is 9.58. The summed E-state index contributed by atoms with van der Waals surface area (Å²) in [5, 5.41) is 11.5. The molecule has 5 nitrogen and oxygen atoms in total. The third-order valence-electron chi connectivity index (χ3n) is 3.17. The summed E-state index contributed by atoms with van der Waals surface area (Å²) >= 11 is 13.5. The van der Waals surface area contributed by atoms with Crippen molar-refractivity contribution in [2.45, 2.75) is 20.4 Å². The highest BCUT2D eigenvalue weighted by Gasteiger charge is 2.19. The number of aryl methyl sites for hydroxylation is 2. The topological polar surface area (TPSA) is 65.4 Å². The van der Waals surface area contributed by atoms with Crippen LogP contribution in [0.25, 0.3) is 0 Å². The minimum absolute atomic E-state index is 0.514. The van der Waals surface area contributed by atoms with Gasteiger partial charge in [-0.15, -0.1) is 0 Å². The zero-order valence-corrected chi connectivity index (χ0v) is 13.1. The van der Waals surface area contributed by atoms with E-state index in [-0.39, 0.29) is 0 Å². The molecule has 0 spiro atoms. The number of benzene rings is 1. The molecule has 0 aliphatic carbocycles. The van der Waals surface area contributed by atoms with Crippen molar-refractivity contribution < 1.29 is 0 Å². The van der Waals surface area contributed by atoms with Crippen LogP contribution in [-0.4, -0.2) is 10.2 Å². The summed E-state index contributed by atoms with van der Waals surface area (Å²) in [4.78, 5) is 0. The van der Waals surface area contributed by atoms with Gasteiger partial charge < -0.3 is 5.32 Å². The molecule has 0 saturated carbocycles. The van der Waals surface area contributed by atoms with E-state index >= 15 is 0 Å². The number of halogens is 2. The highest BCUT2D eigenvalue weighted by atomic mass is 35.5. The SMILES string of the molecule is Cc1n[nH]c(C)c1CNc1c(Cl)cc(Cl)c2c1N=S=N2. The van der Waals surface area contributed by atoms with Crippen molar-refractivity contribution in [1.29, 1.82) is 0 Å².